The van der Waals surface area contributed by atoms with Gasteiger partial charge in [0, 0.05) is 46.3 Å². The van der Waals surface area contributed by atoms with Crippen molar-refractivity contribution in [1.82, 2.24) is 25.8 Å². The molecule has 0 radical (unpaired) electrons. The molecule has 0 aromatic heterocycles. The molecule has 33 heavy (non-hydrogen) atoms. The largest absolute Gasteiger partial charge is 0.358 e. The lowest BCUT2D eigenvalue weighted by molar-refractivity contribution is -0.131. The third-order valence-electron chi connectivity index (χ3n) is 6.54. The van der Waals surface area contributed by atoms with Crippen LogP contribution in [0.2, 0.25) is 0 Å². The Hall–Kier alpha value is -1.88. The molecule has 8 nitrogen and oxygen atoms in total. The van der Waals surface area contributed by atoms with Gasteiger partial charge in [-0.25, -0.2) is 0 Å². The van der Waals surface area contributed by atoms with E-state index in [-0.39, 0.29) is 42.3 Å². The molecule has 1 aromatic carbocycles. The molecule has 2 fully saturated rings. The van der Waals surface area contributed by atoms with Crippen molar-refractivity contribution in [2.75, 3.05) is 53.4 Å². The Balaban J connectivity index is 0.00000385. The number of guanidine groups is 1. The smallest absolute Gasteiger partial charge is 0.241 e. The number of piperidine rings is 2. The van der Waals surface area contributed by atoms with E-state index < -0.39 is 0 Å². The van der Waals surface area contributed by atoms with Crippen LogP contribution in [0, 0.1) is 5.92 Å². The van der Waals surface area contributed by atoms with E-state index in [0.29, 0.717) is 24.5 Å². The second kappa shape index (κ2) is 14.4. The second-order valence-corrected chi connectivity index (χ2v) is 8.81. The molecule has 2 amide bonds. The van der Waals surface area contributed by atoms with E-state index in [1.807, 2.05) is 4.90 Å². The maximum absolute atomic E-state index is 12.7. The number of halogens is 1. The molecule has 2 heterocycles. The van der Waals surface area contributed by atoms with Crippen molar-refractivity contribution < 1.29 is 9.59 Å². The predicted octanol–water partition coefficient (Wildman–Crippen LogP) is 1.46. The molecule has 0 unspecified atom stereocenters. The highest BCUT2D eigenvalue weighted by atomic mass is 127. The van der Waals surface area contributed by atoms with E-state index >= 15 is 0 Å². The van der Waals surface area contributed by atoms with Crippen molar-refractivity contribution in [1.29, 1.82) is 0 Å². The molecule has 9 heteroatoms. The Kier molecular flexibility index (Phi) is 11.9. The summed E-state index contributed by atoms with van der Waals surface area (Å²) in [5, 5.41) is 9.29. The molecule has 0 aliphatic carbocycles. The van der Waals surface area contributed by atoms with Crippen molar-refractivity contribution in [3.63, 3.8) is 0 Å². The number of hydrogen-bond acceptors (Lipinski definition) is 4. The average Bonchev–Trinajstić information content (AvgIpc) is 2.83. The summed E-state index contributed by atoms with van der Waals surface area (Å²) in [6, 6.07) is 10.9. The quantitative estimate of drug-likeness (QED) is 0.263. The lowest BCUT2D eigenvalue weighted by atomic mass is 9.90. The number of likely N-dealkylation sites (tertiary alicyclic amines) is 2. The number of likely N-dealkylation sites (N-methyl/N-ethyl adjacent to an activating group) is 1. The first-order valence-corrected chi connectivity index (χ1v) is 11.8. The van der Waals surface area contributed by atoms with Gasteiger partial charge in [-0.2, -0.15) is 0 Å². The predicted molar refractivity (Wildman–Crippen MR) is 143 cm³/mol. The number of rotatable bonds is 7. The van der Waals surface area contributed by atoms with E-state index in [1.54, 1.807) is 14.1 Å². The number of benzene rings is 1. The lowest BCUT2D eigenvalue weighted by Gasteiger charge is -2.33. The average molecular weight is 571 g/mol. The van der Waals surface area contributed by atoms with Gasteiger partial charge in [-0.1, -0.05) is 30.3 Å². The van der Waals surface area contributed by atoms with Crippen LogP contribution in [0.3, 0.4) is 0 Å². The molecule has 3 N–H and O–H groups in total. The van der Waals surface area contributed by atoms with E-state index in [9.17, 15) is 9.59 Å². The van der Waals surface area contributed by atoms with E-state index in [1.165, 1.54) is 5.56 Å². The molecule has 0 spiro atoms. The minimum atomic E-state index is 0. The molecular weight excluding hydrogens is 531 g/mol. The van der Waals surface area contributed by atoms with Crippen LogP contribution < -0.4 is 16.0 Å². The van der Waals surface area contributed by atoms with Gasteiger partial charge in [-0.3, -0.25) is 19.5 Å². The number of hydrogen-bond donors (Lipinski definition) is 3. The Morgan fingerprint density at radius 3 is 2.30 bits per heavy atom. The van der Waals surface area contributed by atoms with Crippen molar-refractivity contribution in [2.45, 2.75) is 38.1 Å². The maximum atomic E-state index is 12.7. The van der Waals surface area contributed by atoms with Gasteiger partial charge in [0.2, 0.25) is 11.8 Å². The summed E-state index contributed by atoms with van der Waals surface area (Å²) in [4.78, 5) is 32.6. The Bertz CT molecular complexity index is 759. The minimum Gasteiger partial charge on any atom is -0.358 e. The summed E-state index contributed by atoms with van der Waals surface area (Å²) in [5.41, 5.74) is 1.38. The molecule has 2 aliphatic heterocycles. The van der Waals surface area contributed by atoms with Crippen LogP contribution in [-0.4, -0.2) is 87.0 Å². The summed E-state index contributed by atoms with van der Waals surface area (Å²) in [5.74, 6) is 1.50. The number of aliphatic imine (C=N–C) groups is 1. The molecule has 0 saturated carbocycles. The van der Waals surface area contributed by atoms with E-state index in [0.717, 1.165) is 58.3 Å². The van der Waals surface area contributed by atoms with Gasteiger partial charge in [-0.05, 0) is 43.6 Å². The summed E-state index contributed by atoms with van der Waals surface area (Å²) in [6.45, 7) is 4.12. The Labute approximate surface area is 215 Å². The normalized spacial score (nSPS) is 18.4. The summed E-state index contributed by atoms with van der Waals surface area (Å²) >= 11 is 0. The van der Waals surface area contributed by atoms with Crippen LogP contribution in [0.15, 0.2) is 35.3 Å². The SMILES string of the molecule is CN=C(NCC(=O)N1CCC(Cc2ccccc2)CC1)NC1CCN(CC(=O)NC)CC1.I. The monoisotopic (exact) mass is 570 g/mol. The van der Waals surface area contributed by atoms with Gasteiger partial charge in [0.15, 0.2) is 5.96 Å². The fourth-order valence-corrected chi connectivity index (χ4v) is 4.51. The highest BCUT2D eigenvalue weighted by Gasteiger charge is 2.24. The zero-order valence-corrected chi connectivity index (χ0v) is 22.2. The molecule has 3 rings (SSSR count). The van der Waals surface area contributed by atoms with Crippen molar-refractivity contribution >= 4 is 41.8 Å². The summed E-state index contributed by atoms with van der Waals surface area (Å²) in [7, 11) is 3.40. The zero-order chi connectivity index (χ0) is 22.8. The lowest BCUT2D eigenvalue weighted by Crippen LogP contribution is -2.52. The first-order chi connectivity index (χ1) is 15.6. The summed E-state index contributed by atoms with van der Waals surface area (Å²) in [6.07, 6.45) is 5.10. The van der Waals surface area contributed by atoms with Gasteiger partial charge >= 0.3 is 0 Å². The van der Waals surface area contributed by atoms with Gasteiger partial charge in [0.1, 0.15) is 0 Å². The number of nitrogens with zero attached hydrogens (tertiary/aromatic N) is 3. The van der Waals surface area contributed by atoms with Gasteiger partial charge in [-0.15, -0.1) is 24.0 Å². The van der Waals surface area contributed by atoms with Crippen molar-refractivity contribution in [3.05, 3.63) is 35.9 Å². The standard InChI is InChI=1S/C24H38N6O2.HI/c1-25-22(31)18-29-12-10-21(11-13-29)28-24(26-2)27-17-23(32)30-14-8-20(9-15-30)16-19-6-4-3-5-7-19;/h3-7,20-21H,8-18H2,1-2H3,(H,25,31)(H2,26,27,28);1H. The molecular formula is C24H39IN6O2. The van der Waals surface area contributed by atoms with Gasteiger partial charge in [0.05, 0.1) is 13.1 Å². The van der Waals surface area contributed by atoms with Crippen LogP contribution in [-0.2, 0) is 16.0 Å². The highest BCUT2D eigenvalue weighted by Crippen LogP contribution is 2.21. The minimum absolute atomic E-state index is 0. The number of amides is 2. The zero-order valence-electron chi connectivity index (χ0n) is 19.9. The maximum Gasteiger partial charge on any atom is 0.241 e. The fourth-order valence-electron chi connectivity index (χ4n) is 4.51. The fraction of sp³-hybridized carbons (Fsp3) is 0.625. The second-order valence-electron chi connectivity index (χ2n) is 8.81. The number of nitrogens with one attached hydrogen (secondary N) is 3. The van der Waals surface area contributed by atoms with Crippen LogP contribution in [0.1, 0.15) is 31.2 Å². The highest BCUT2D eigenvalue weighted by molar-refractivity contribution is 14.0. The Morgan fingerprint density at radius 1 is 1.03 bits per heavy atom. The van der Waals surface area contributed by atoms with Gasteiger partial charge < -0.3 is 20.9 Å². The van der Waals surface area contributed by atoms with Crippen LogP contribution >= 0.6 is 24.0 Å². The third-order valence-corrected chi connectivity index (χ3v) is 6.54. The van der Waals surface area contributed by atoms with E-state index in [2.05, 4.69) is 56.2 Å². The first kappa shape index (κ1) is 27.4. The van der Waals surface area contributed by atoms with Crippen LogP contribution in [0.4, 0.5) is 0 Å². The van der Waals surface area contributed by atoms with E-state index in [4.69, 9.17) is 0 Å². The number of carbonyl (C=O) groups excluding carboxylic acids is 2. The third kappa shape index (κ3) is 9.11. The molecule has 1 aromatic rings. The Morgan fingerprint density at radius 2 is 1.70 bits per heavy atom. The number of carbonyl (C=O) groups is 2. The molecule has 0 atom stereocenters. The van der Waals surface area contributed by atoms with Gasteiger partial charge in [0.25, 0.3) is 0 Å². The van der Waals surface area contributed by atoms with Crippen LogP contribution in [0.5, 0.6) is 0 Å². The molecule has 2 saturated heterocycles. The summed E-state index contributed by atoms with van der Waals surface area (Å²) < 4.78 is 0. The van der Waals surface area contributed by atoms with Crippen molar-refractivity contribution in [3.8, 4) is 0 Å². The molecule has 184 valence electrons. The molecule has 2 aliphatic rings. The van der Waals surface area contributed by atoms with Crippen molar-refractivity contribution in [2.24, 2.45) is 10.9 Å². The van der Waals surface area contributed by atoms with Crippen LogP contribution in [0.25, 0.3) is 0 Å². The topological polar surface area (TPSA) is 89.1 Å². The molecule has 0 bridgehead atoms. The first-order valence-electron chi connectivity index (χ1n) is 11.8.